The summed E-state index contributed by atoms with van der Waals surface area (Å²) >= 11 is 1.61. The molecule has 2 aliphatic rings. The Labute approximate surface area is 111 Å². The Morgan fingerprint density at radius 1 is 1.44 bits per heavy atom. The molecule has 18 heavy (non-hydrogen) atoms. The number of nitrogens with one attached hydrogen (secondary N) is 1. The van der Waals surface area contributed by atoms with Gasteiger partial charge in [-0.2, -0.15) is 0 Å². The number of nitrogens with zero attached hydrogens (tertiary/aromatic N) is 1. The number of benzene rings is 1. The lowest BCUT2D eigenvalue weighted by molar-refractivity contribution is -0.116. The molecular formula is C13H17N3OS. The minimum atomic E-state index is 0.201. The molecule has 4 nitrogen and oxygen atoms in total. The lowest BCUT2D eigenvalue weighted by Gasteiger charge is -2.38. The normalized spacial score (nSPS) is 23.9. The highest BCUT2D eigenvalue weighted by atomic mass is 32.2. The van der Waals surface area contributed by atoms with E-state index in [-0.39, 0.29) is 11.9 Å². The smallest absolute Gasteiger partial charge is 0.237 e. The van der Waals surface area contributed by atoms with Crippen LogP contribution in [0.1, 0.15) is 12.8 Å². The Hall–Kier alpha value is -1.20. The molecule has 1 fully saturated rings. The van der Waals surface area contributed by atoms with Gasteiger partial charge in [0.15, 0.2) is 0 Å². The lowest BCUT2D eigenvalue weighted by Crippen LogP contribution is -2.50. The first-order chi connectivity index (χ1) is 8.75. The Morgan fingerprint density at radius 2 is 2.33 bits per heavy atom. The summed E-state index contributed by atoms with van der Waals surface area (Å²) in [6, 6.07) is 6.12. The number of anilines is 2. The standard InChI is InChI=1S/C13H17N3OS/c14-9-3-4-12-11(6-9)16(13(17)8-18-12)10-2-1-5-15-7-10/h3-4,6,10,15H,1-2,5,7-8,14H2. The van der Waals surface area contributed by atoms with Crippen LogP contribution in [0.2, 0.25) is 0 Å². The number of hydrogen-bond acceptors (Lipinski definition) is 4. The maximum atomic E-state index is 12.2. The van der Waals surface area contributed by atoms with Crippen LogP contribution in [0.4, 0.5) is 11.4 Å². The first-order valence-electron chi connectivity index (χ1n) is 6.31. The Kier molecular flexibility index (Phi) is 3.18. The van der Waals surface area contributed by atoms with Gasteiger partial charge < -0.3 is 16.0 Å². The highest BCUT2D eigenvalue weighted by Gasteiger charge is 2.31. The highest BCUT2D eigenvalue weighted by molar-refractivity contribution is 8.00. The number of thioether (sulfide) groups is 1. The first-order valence-corrected chi connectivity index (χ1v) is 7.29. The number of carbonyl (C=O) groups excluding carboxylic acids is 1. The van der Waals surface area contributed by atoms with Crippen molar-refractivity contribution in [2.24, 2.45) is 0 Å². The molecule has 1 unspecified atom stereocenters. The molecule has 96 valence electrons. The first kappa shape index (κ1) is 11.9. The van der Waals surface area contributed by atoms with E-state index in [4.69, 9.17) is 5.73 Å². The number of nitrogens with two attached hydrogens (primary N) is 1. The third-order valence-electron chi connectivity index (χ3n) is 3.50. The van der Waals surface area contributed by atoms with Gasteiger partial charge in [0, 0.05) is 23.2 Å². The summed E-state index contributed by atoms with van der Waals surface area (Å²) in [7, 11) is 0. The zero-order chi connectivity index (χ0) is 12.5. The fourth-order valence-electron chi connectivity index (χ4n) is 2.64. The van der Waals surface area contributed by atoms with Crippen LogP contribution in [0.25, 0.3) is 0 Å². The maximum absolute atomic E-state index is 12.2. The molecular weight excluding hydrogens is 246 g/mol. The van der Waals surface area contributed by atoms with Crippen molar-refractivity contribution in [1.29, 1.82) is 0 Å². The van der Waals surface area contributed by atoms with E-state index in [1.807, 2.05) is 23.1 Å². The molecule has 1 aromatic rings. The fourth-order valence-corrected chi connectivity index (χ4v) is 3.53. The molecule has 5 heteroatoms. The van der Waals surface area contributed by atoms with Crippen LogP contribution < -0.4 is 16.0 Å². The van der Waals surface area contributed by atoms with Gasteiger partial charge in [0.05, 0.1) is 11.4 Å². The summed E-state index contributed by atoms with van der Waals surface area (Å²) in [6.07, 6.45) is 2.19. The summed E-state index contributed by atoms with van der Waals surface area (Å²) < 4.78 is 0. The Balaban J connectivity index is 1.97. The summed E-state index contributed by atoms with van der Waals surface area (Å²) in [5.74, 6) is 0.736. The molecule has 0 aromatic heterocycles. The third-order valence-corrected chi connectivity index (χ3v) is 4.55. The molecule has 1 saturated heterocycles. The van der Waals surface area contributed by atoms with Gasteiger partial charge in [-0.05, 0) is 37.6 Å². The molecule has 2 aliphatic heterocycles. The van der Waals surface area contributed by atoms with E-state index >= 15 is 0 Å². The van der Waals surface area contributed by atoms with E-state index in [2.05, 4.69) is 5.32 Å². The van der Waals surface area contributed by atoms with Crippen LogP contribution in [-0.4, -0.2) is 30.8 Å². The topological polar surface area (TPSA) is 58.4 Å². The summed E-state index contributed by atoms with van der Waals surface area (Å²) in [5, 5.41) is 3.37. The van der Waals surface area contributed by atoms with E-state index in [1.165, 1.54) is 0 Å². The quantitative estimate of drug-likeness (QED) is 0.753. The number of carbonyl (C=O) groups is 1. The summed E-state index contributed by atoms with van der Waals surface area (Å²) in [4.78, 5) is 15.3. The number of amides is 1. The number of fused-ring (bicyclic) bond motifs is 1. The van der Waals surface area contributed by atoms with Crippen LogP contribution in [0.3, 0.4) is 0 Å². The predicted molar refractivity (Wildman–Crippen MR) is 75.0 cm³/mol. The minimum Gasteiger partial charge on any atom is -0.399 e. The highest BCUT2D eigenvalue weighted by Crippen LogP contribution is 2.38. The molecule has 1 atom stereocenters. The SMILES string of the molecule is Nc1ccc2c(c1)N(C1CCCNC1)C(=O)CS2. The average Bonchev–Trinajstić information content (AvgIpc) is 2.39. The second-order valence-corrected chi connectivity index (χ2v) is 5.80. The van der Waals surface area contributed by atoms with Gasteiger partial charge in [0.2, 0.25) is 5.91 Å². The zero-order valence-corrected chi connectivity index (χ0v) is 11.0. The third kappa shape index (κ3) is 2.08. The predicted octanol–water partition coefficient (Wildman–Crippen LogP) is 1.46. The van der Waals surface area contributed by atoms with Crippen LogP contribution >= 0.6 is 11.8 Å². The van der Waals surface area contributed by atoms with Crippen molar-refractivity contribution in [2.75, 3.05) is 29.5 Å². The summed E-state index contributed by atoms with van der Waals surface area (Å²) in [5.41, 5.74) is 7.57. The molecule has 0 saturated carbocycles. The van der Waals surface area contributed by atoms with E-state index < -0.39 is 0 Å². The molecule has 1 aromatic carbocycles. The van der Waals surface area contributed by atoms with Gasteiger partial charge >= 0.3 is 0 Å². The number of piperidine rings is 1. The number of nitrogen functional groups attached to an aromatic ring is 1. The van der Waals surface area contributed by atoms with E-state index in [1.54, 1.807) is 11.8 Å². The van der Waals surface area contributed by atoms with Crippen molar-refractivity contribution in [3.8, 4) is 0 Å². The Bertz CT molecular complexity index is 471. The van der Waals surface area contributed by atoms with Crippen LogP contribution in [0.5, 0.6) is 0 Å². The van der Waals surface area contributed by atoms with Gasteiger partial charge in [-0.25, -0.2) is 0 Å². The van der Waals surface area contributed by atoms with Gasteiger partial charge in [0.25, 0.3) is 0 Å². The number of rotatable bonds is 1. The molecule has 0 radical (unpaired) electrons. The van der Waals surface area contributed by atoms with E-state index in [0.29, 0.717) is 5.75 Å². The lowest BCUT2D eigenvalue weighted by atomic mass is 10.0. The average molecular weight is 263 g/mol. The number of hydrogen-bond donors (Lipinski definition) is 2. The fraction of sp³-hybridized carbons (Fsp3) is 0.462. The molecule has 2 heterocycles. The van der Waals surface area contributed by atoms with Crippen molar-refractivity contribution in [3.63, 3.8) is 0 Å². The summed E-state index contributed by atoms with van der Waals surface area (Å²) in [6.45, 7) is 1.93. The molecule has 0 aliphatic carbocycles. The van der Waals surface area contributed by atoms with Gasteiger partial charge in [-0.15, -0.1) is 11.8 Å². The second kappa shape index (κ2) is 4.82. The second-order valence-electron chi connectivity index (χ2n) is 4.78. The van der Waals surface area contributed by atoms with Crippen molar-refractivity contribution in [3.05, 3.63) is 18.2 Å². The van der Waals surface area contributed by atoms with Crippen molar-refractivity contribution in [2.45, 2.75) is 23.8 Å². The van der Waals surface area contributed by atoms with Crippen LogP contribution in [0.15, 0.2) is 23.1 Å². The minimum absolute atomic E-state index is 0.201. The van der Waals surface area contributed by atoms with Crippen LogP contribution in [0, 0.1) is 0 Å². The van der Waals surface area contributed by atoms with Crippen LogP contribution in [-0.2, 0) is 4.79 Å². The van der Waals surface area contributed by atoms with Crippen molar-refractivity contribution in [1.82, 2.24) is 5.32 Å². The zero-order valence-electron chi connectivity index (χ0n) is 10.2. The van der Waals surface area contributed by atoms with Gasteiger partial charge in [-0.3, -0.25) is 4.79 Å². The monoisotopic (exact) mass is 263 g/mol. The molecule has 3 N–H and O–H groups in total. The Morgan fingerprint density at radius 3 is 3.11 bits per heavy atom. The molecule has 1 amide bonds. The van der Waals surface area contributed by atoms with E-state index in [0.717, 1.165) is 42.2 Å². The van der Waals surface area contributed by atoms with Gasteiger partial charge in [0.1, 0.15) is 0 Å². The molecule has 0 spiro atoms. The molecule has 0 bridgehead atoms. The molecule has 3 rings (SSSR count). The van der Waals surface area contributed by atoms with Gasteiger partial charge in [-0.1, -0.05) is 0 Å². The van der Waals surface area contributed by atoms with E-state index in [9.17, 15) is 4.79 Å². The van der Waals surface area contributed by atoms with Crippen molar-refractivity contribution >= 4 is 29.0 Å². The largest absolute Gasteiger partial charge is 0.399 e. The van der Waals surface area contributed by atoms with Crippen molar-refractivity contribution < 1.29 is 4.79 Å². The maximum Gasteiger partial charge on any atom is 0.237 e.